The summed E-state index contributed by atoms with van der Waals surface area (Å²) < 4.78 is 26.5. The molecule has 1 saturated carbocycles. The minimum Gasteiger partial charge on any atom is -0.352 e. The number of nitrogens with zero attached hydrogens (tertiary/aromatic N) is 2. The quantitative estimate of drug-likeness (QED) is 0.837. The van der Waals surface area contributed by atoms with Crippen molar-refractivity contribution in [3.63, 3.8) is 0 Å². The van der Waals surface area contributed by atoms with Gasteiger partial charge in [0.1, 0.15) is 0 Å². The van der Waals surface area contributed by atoms with Gasteiger partial charge in [-0.25, -0.2) is 8.78 Å². The van der Waals surface area contributed by atoms with Crippen molar-refractivity contribution in [2.24, 2.45) is 5.92 Å². The molecule has 1 unspecified atom stereocenters. The smallest absolute Gasteiger partial charge is 0.251 e. The number of likely N-dealkylation sites (tertiary alicyclic amines) is 2. The van der Waals surface area contributed by atoms with Gasteiger partial charge >= 0.3 is 0 Å². The van der Waals surface area contributed by atoms with Crippen LogP contribution in [0.4, 0.5) is 8.78 Å². The Labute approximate surface area is 148 Å². The van der Waals surface area contributed by atoms with E-state index in [-0.39, 0.29) is 43.7 Å². The highest BCUT2D eigenvalue weighted by molar-refractivity contribution is 5.80. The van der Waals surface area contributed by atoms with Crippen LogP contribution in [0.2, 0.25) is 0 Å². The molecule has 25 heavy (non-hydrogen) atoms. The molecule has 142 valence electrons. The lowest BCUT2D eigenvalue weighted by molar-refractivity contribution is -0.144. The Morgan fingerprint density at radius 2 is 1.68 bits per heavy atom. The van der Waals surface area contributed by atoms with Crippen LogP contribution in [0, 0.1) is 5.92 Å². The Morgan fingerprint density at radius 1 is 1.00 bits per heavy atom. The normalized spacial score (nSPS) is 28.1. The zero-order valence-electron chi connectivity index (χ0n) is 14.8. The number of halogens is 2. The predicted molar refractivity (Wildman–Crippen MR) is 90.3 cm³/mol. The molecule has 0 bridgehead atoms. The summed E-state index contributed by atoms with van der Waals surface area (Å²) >= 11 is 0. The largest absolute Gasteiger partial charge is 0.352 e. The topological polar surface area (TPSA) is 52.7 Å². The van der Waals surface area contributed by atoms with Crippen LogP contribution in [0.5, 0.6) is 0 Å². The molecule has 3 fully saturated rings. The van der Waals surface area contributed by atoms with Gasteiger partial charge in [0.25, 0.3) is 5.92 Å². The minimum atomic E-state index is -2.63. The van der Waals surface area contributed by atoms with Gasteiger partial charge in [-0.3, -0.25) is 14.5 Å². The predicted octanol–water partition coefficient (Wildman–Crippen LogP) is 2.01. The van der Waals surface area contributed by atoms with E-state index in [4.69, 9.17) is 0 Å². The van der Waals surface area contributed by atoms with Gasteiger partial charge in [0.2, 0.25) is 11.8 Å². The summed E-state index contributed by atoms with van der Waals surface area (Å²) in [6.07, 6.45) is 5.67. The van der Waals surface area contributed by atoms with E-state index in [2.05, 4.69) is 5.32 Å². The van der Waals surface area contributed by atoms with Crippen molar-refractivity contribution in [2.75, 3.05) is 32.7 Å². The fourth-order valence-corrected chi connectivity index (χ4v) is 4.26. The van der Waals surface area contributed by atoms with E-state index in [9.17, 15) is 18.4 Å². The first-order valence-electron chi connectivity index (χ1n) is 9.61. The van der Waals surface area contributed by atoms with Crippen molar-refractivity contribution in [2.45, 2.75) is 63.3 Å². The number of hydrogen-bond donors (Lipinski definition) is 1. The number of hydrogen-bond acceptors (Lipinski definition) is 3. The van der Waals surface area contributed by atoms with Gasteiger partial charge in [0.15, 0.2) is 0 Å². The highest BCUT2D eigenvalue weighted by Gasteiger charge is 2.38. The van der Waals surface area contributed by atoms with Crippen LogP contribution in [0.1, 0.15) is 51.4 Å². The molecule has 0 aromatic heterocycles. The number of carbonyl (C=O) groups excluding carboxylic acids is 2. The van der Waals surface area contributed by atoms with Crippen molar-refractivity contribution in [1.82, 2.24) is 15.1 Å². The summed E-state index contributed by atoms with van der Waals surface area (Å²) in [5, 5.41) is 3.08. The van der Waals surface area contributed by atoms with Crippen LogP contribution >= 0.6 is 0 Å². The monoisotopic (exact) mass is 357 g/mol. The first-order chi connectivity index (χ1) is 11.9. The molecule has 2 amide bonds. The van der Waals surface area contributed by atoms with Crippen molar-refractivity contribution >= 4 is 11.8 Å². The molecule has 0 aromatic carbocycles. The lowest BCUT2D eigenvalue weighted by Gasteiger charge is -2.37. The molecule has 1 N–H and O–H groups in total. The van der Waals surface area contributed by atoms with Gasteiger partial charge in [0, 0.05) is 38.5 Å². The van der Waals surface area contributed by atoms with Crippen LogP contribution in [-0.4, -0.2) is 66.3 Å². The van der Waals surface area contributed by atoms with E-state index in [1.807, 2.05) is 4.90 Å². The molecule has 7 heteroatoms. The van der Waals surface area contributed by atoms with Crippen LogP contribution in [-0.2, 0) is 9.59 Å². The number of rotatable bonds is 4. The molecule has 2 heterocycles. The van der Waals surface area contributed by atoms with E-state index < -0.39 is 5.92 Å². The maximum absolute atomic E-state index is 13.3. The SMILES string of the molecule is O=C(CN1CCCC(C(=O)N2CCC(F)(F)CC2)C1)NC1CCCC1. The Balaban J connectivity index is 1.45. The lowest BCUT2D eigenvalue weighted by Crippen LogP contribution is -2.50. The summed E-state index contributed by atoms with van der Waals surface area (Å²) in [4.78, 5) is 28.4. The van der Waals surface area contributed by atoms with Crippen molar-refractivity contribution < 1.29 is 18.4 Å². The summed E-state index contributed by atoms with van der Waals surface area (Å²) in [6.45, 7) is 2.00. The summed E-state index contributed by atoms with van der Waals surface area (Å²) in [7, 11) is 0. The Kier molecular flexibility index (Phi) is 5.92. The third-order valence-corrected chi connectivity index (χ3v) is 5.75. The van der Waals surface area contributed by atoms with E-state index in [1.54, 1.807) is 4.90 Å². The second-order valence-corrected chi connectivity index (χ2v) is 7.80. The maximum Gasteiger partial charge on any atom is 0.251 e. The number of piperidine rings is 2. The number of amides is 2. The van der Waals surface area contributed by atoms with Crippen LogP contribution in [0.3, 0.4) is 0 Å². The van der Waals surface area contributed by atoms with E-state index >= 15 is 0 Å². The minimum absolute atomic E-state index is 0.0172. The zero-order chi connectivity index (χ0) is 17.9. The van der Waals surface area contributed by atoms with Crippen LogP contribution < -0.4 is 5.32 Å². The second kappa shape index (κ2) is 7.98. The third kappa shape index (κ3) is 5.12. The van der Waals surface area contributed by atoms with E-state index in [1.165, 1.54) is 12.8 Å². The zero-order valence-corrected chi connectivity index (χ0v) is 14.8. The Bertz CT molecular complexity index is 485. The van der Waals surface area contributed by atoms with Gasteiger partial charge in [-0.2, -0.15) is 0 Å². The first-order valence-corrected chi connectivity index (χ1v) is 9.61. The van der Waals surface area contributed by atoms with Crippen molar-refractivity contribution in [3.8, 4) is 0 Å². The molecular formula is C18H29F2N3O2. The number of nitrogens with one attached hydrogen (secondary N) is 1. The Hall–Kier alpha value is -1.24. The number of carbonyl (C=O) groups is 2. The van der Waals surface area contributed by atoms with Crippen LogP contribution in [0.25, 0.3) is 0 Å². The molecule has 3 aliphatic rings. The molecule has 1 atom stereocenters. The van der Waals surface area contributed by atoms with Crippen LogP contribution in [0.15, 0.2) is 0 Å². The highest BCUT2D eigenvalue weighted by atomic mass is 19.3. The molecule has 0 radical (unpaired) electrons. The van der Waals surface area contributed by atoms with Crippen molar-refractivity contribution in [1.29, 1.82) is 0 Å². The summed E-state index contributed by atoms with van der Waals surface area (Å²) in [6, 6.07) is 0.310. The van der Waals surface area contributed by atoms with Gasteiger partial charge in [-0.15, -0.1) is 0 Å². The Morgan fingerprint density at radius 3 is 2.36 bits per heavy atom. The number of alkyl halides is 2. The fourth-order valence-electron chi connectivity index (χ4n) is 4.26. The second-order valence-electron chi connectivity index (χ2n) is 7.80. The van der Waals surface area contributed by atoms with Gasteiger partial charge in [-0.05, 0) is 32.2 Å². The standard InChI is InChI=1S/C18H29F2N3O2/c19-18(20)7-10-23(11-8-18)17(25)14-4-3-9-22(12-14)13-16(24)21-15-5-1-2-6-15/h14-15H,1-13H2,(H,21,24). The van der Waals surface area contributed by atoms with E-state index in [0.717, 1.165) is 32.2 Å². The lowest BCUT2D eigenvalue weighted by atomic mass is 9.95. The summed E-state index contributed by atoms with van der Waals surface area (Å²) in [5.41, 5.74) is 0. The first kappa shape index (κ1) is 18.5. The average molecular weight is 357 g/mol. The molecule has 3 rings (SSSR count). The average Bonchev–Trinajstić information content (AvgIpc) is 3.07. The molecule has 0 spiro atoms. The molecule has 0 aromatic rings. The van der Waals surface area contributed by atoms with Gasteiger partial charge in [0.05, 0.1) is 12.5 Å². The molecule has 1 aliphatic carbocycles. The van der Waals surface area contributed by atoms with Crippen molar-refractivity contribution in [3.05, 3.63) is 0 Å². The third-order valence-electron chi connectivity index (χ3n) is 5.75. The molecule has 5 nitrogen and oxygen atoms in total. The maximum atomic E-state index is 13.3. The highest BCUT2D eigenvalue weighted by Crippen LogP contribution is 2.29. The molecule has 2 saturated heterocycles. The molecular weight excluding hydrogens is 328 g/mol. The molecule has 2 aliphatic heterocycles. The van der Waals surface area contributed by atoms with Gasteiger partial charge < -0.3 is 10.2 Å². The van der Waals surface area contributed by atoms with Gasteiger partial charge in [-0.1, -0.05) is 12.8 Å². The van der Waals surface area contributed by atoms with E-state index in [0.29, 0.717) is 19.1 Å². The fraction of sp³-hybridized carbons (Fsp3) is 0.889. The summed E-state index contributed by atoms with van der Waals surface area (Å²) in [5.74, 6) is -2.78.